The molecule has 4 rings (SSSR count). The molecule has 1 N–H and O–H groups in total. The summed E-state index contributed by atoms with van der Waals surface area (Å²) < 4.78 is 39.6. The maximum atomic E-state index is 13.7. The number of allylic oxidation sites excluding steroid dienone is 2. The summed E-state index contributed by atoms with van der Waals surface area (Å²) in [5.41, 5.74) is 0.910. The van der Waals surface area contributed by atoms with Gasteiger partial charge in [0, 0.05) is 12.1 Å². The van der Waals surface area contributed by atoms with E-state index in [1.54, 1.807) is 44.2 Å². The minimum Gasteiger partial charge on any atom is -0.463 e. The molecule has 0 bridgehead atoms. The highest BCUT2D eigenvalue weighted by molar-refractivity contribution is 6.29. The Morgan fingerprint density at radius 2 is 1.97 bits per heavy atom. The molecule has 1 aliphatic carbocycles. The van der Waals surface area contributed by atoms with E-state index in [0.717, 1.165) is 25.7 Å². The van der Waals surface area contributed by atoms with Gasteiger partial charge in [-0.05, 0) is 63.7 Å². The molecule has 0 spiro atoms. The number of nitrogens with one attached hydrogen (secondary N) is 1. The number of carbonyl (C=O) groups excluding carboxylic acids is 1. The molecule has 1 aromatic carbocycles. The molecular formula is C24H26ClF2N5O3. The molecule has 0 atom stereocenters. The lowest BCUT2D eigenvalue weighted by Gasteiger charge is -2.28. The Morgan fingerprint density at radius 1 is 1.23 bits per heavy atom. The summed E-state index contributed by atoms with van der Waals surface area (Å²) in [4.78, 5) is 24.4. The number of halogens is 3. The van der Waals surface area contributed by atoms with Gasteiger partial charge in [-0.3, -0.25) is 4.57 Å². The number of imidazole rings is 1. The van der Waals surface area contributed by atoms with Gasteiger partial charge < -0.3 is 14.8 Å². The van der Waals surface area contributed by atoms with Crippen LogP contribution in [0.5, 0.6) is 6.01 Å². The second kappa shape index (κ2) is 11.0. The third-order valence-electron chi connectivity index (χ3n) is 5.95. The molecule has 0 saturated heterocycles. The molecule has 1 saturated carbocycles. The van der Waals surface area contributed by atoms with Crippen molar-refractivity contribution in [3.63, 3.8) is 0 Å². The van der Waals surface area contributed by atoms with Gasteiger partial charge in [0.15, 0.2) is 5.82 Å². The third kappa shape index (κ3) is 6.05. The Labute approximate surface area is 206 Å². The SMILES string of the molecule is C/C=C(\C)OC(=O)N[C@H]1CC[C@H](COc2nc(Cl)cc(-n3c(C(F)F)nc4ccccc43)n2)CC1. The standard InChI is InChI=1S/C24H26ClF2N5O3/c1-3-14(2)35-24(33)28-16-10-8-15(9-11-16)13-34-23-30-19(25)12-20(31-23)32-18-7-5-4-6-17(18)29-22(32)21(26)27/h3-7,12,15-16,21H,8-11,13H2,1-2H3,(H,28,33)/b14-3+/t15-,16-. The van der Waals surface area contributed by atoms with Gasteiger partial charge in [-0.1, -0.05) is 23.7 Å². The van der Waals surface area contributed by atoms with Crippen LogP contribution in [0.2, 0.25) is 5.15 Å². The number of carbonyl (C=O) groups is 1. The Balaban J connectivity index is 1.41. The van der Waals surface area contributed by atoms with Crippen molar-refractivity contribution in [2.24, 2.45) is 5.92 Å². The molecule has 1 aliphatic rings. The van der Waals surface area contributed by atoms with Crippen molar-refractivity contribution in [1.29, 1.82) is 0 Å². The van der Waals surface area contributed by atoms with Gasteiger partial charge in [0.25, 0.3) is 6.43 Å². The van der Waals surface area contributed by atoms with Gasteiger partial charge in [0.2, 0.25) is 0 Å². The van der Waals surface area contributed by atoms with Crippen LogP contribution in [0.1, 0.15) is 51.8 Å². The predicted octanol–water partition coefficient (Wildman–Crippen LogP) is 5.99. The number of nitrogens with zero attached hydrogens (tertiary/aromatic N) is 4. The summed E-state index contributed by atoms with van der Waals surface area (Å²) in [6.07, 6.45) is 1.72. The van der Waals surface area contributed by atoms with Crippen molar-refractivity contribution >= 4 is 28.7 Å². The first-order valence-corrected chi connectivity index (χ1v) is 11.8. The van der Waals surface area contributed by atoms with Gasteiger partial charge in [0.05, 0.1) is 17.6 Å². The van der Waals surface area contributed by atoms with E-state index in [1.807, 2.05) is 0 Å². The highest BCUT2D eigenvalue weighted by atomic mass is 35.5. The zero-order valence-corrected chi connectivity index (χ0v) is 20.1. The van der Waals surface area contributed by atoms with Crippen LogP contribution in [0.3, 0.4) is 0 Å². The van der Waals surface area contributed by atoms with E-state index in [-0.39, 0.29) is 28.9 Å². The van der Waals surface area contributed by atoms with E-state index in [2.05, 4.69) is 20.3 Å². The number of benzene rings is 1. The minimum atomic E-state index is -2.80. The van der Waals surface area contributed by atoms with Crippen molar-refractivity contribution in [3.05, 3.63) is 53.1 Å². The van der Waals surface area contributed by atoms with E-state index in [0.29, 0.717) is 23.4 Å². The van der Waals surface area contributed by atoms with Gasteiger partial charge in [-0.15, -0.1) is 0 Å². The largest absolute Gasteiger partial charge is 0.463 e. The molecule has 1 amide bonds. The number of amides is 1. The smallest absolute Gasteiger partial charge is 0.412 e. The average Bonchev–Trinajstić information content (AvgIpc) is 3.23. The molecule has 186 valence electrons. The molecule has 1 fully saturated rings. The van der Waals surface area contributed by atoms with Gasteiger partial charge in [0.1, 0.15) is 16.7 Å². The number of para-hydroxylation sites is 2. The fourth-order valence-electron chi connectivity index (χ4n) is 4.06. The summed E-state index contributed by atoms with van der Waals surface area (Å²) in [5.74, 6) is 0.514. The Kier molecular flexibility index (Phi) is 7.80. The number of alkyl carbamates (subject to hydrolysis) is 1. The van der Waals surface area contributed by atoms with Crippen molar-refractivity contribution in [2.45, 2.75) is 52.0 Å². The molecule has 8 nitrogen and oxygen atoms in total. The number of hydrogen-bond acceptors (Lipinski definition) is 6. The Morgan fingerprint density at radius 3 is 2.69 bits per heavy atom. The number of ether oxygens (including phenoxy) is 2. The second-order valence-electron chi connectivity index (χ2n) is 8.39. The molecule has 0 radical (unpaired) electrons. The summed E-state index contributed by atoms with van der Waals surface area (Å²) in [6.45, 7) is 3.87. The number of rotatable bonds is 7. The number of hydrogen-bond donors (Lipinski definition) is 1. The Hall–Kier alpha value is -3.27. The van der Waals surface area contributed by atoms with Crippen LogP contribution < -0.4 is 10.1 Å². The summed E-state index contributed by atoms with van der Waals surface area (Å²) in [6, 6.07) is 8.27. The average molecular weight is 506 g/mol. The molecular weight excluding hydrogens is 480 g/mol. The van der Waals surface area contributed by atoms with Crippen LogP contribution in [-0.2, 0) is 4.74 Å². The first-order valence-electron chi connectivity index (χ1n) is 11.4. The van der Waals surface area contributed by atoms with Crippen LogP contribution in [0.25, 0.3) is 16.9 Å². The summed E-state index contributed by atoms with van der Waals surface area (Å²) in [5, 5.41) is 2.96. The first-order chi connectivity index (χ1) is 16.8. The number of aromatic nitrogens is 4. The maximum Gasteiger partial charge on any atom is 0.412 e. The zero-order chi connectivity index (χ0) is 24.9. The number of fused-ring (bicyclic) bond motifs is 1. The normalized spacial score (nSPS) is 18.6. The lowest BCUT2D eigenvalue weighted by molar-refractivity contribution is 0.138. The minimum absolute atomic E-state index is 0.0103. The van der Waals surface area contributed by atoms with E-state index < -0.39 is 18.3 Å². The Bertz CT molecular complexity index is 1230. The van der Waals surface area contributed by atoms with Crippen molar-refractivity contribution < 1.29 is 23.0 Å². The third-order valence-corrected chi connectivity index (χ3v) is 6.14. The summed E-state index contributed by atoms with van der Waals surface area (Å²) >= 11 is 6.18. The fourth-order valence-corrected chi connectivity index (χ4v) is 4.23. The summed E-state index contributed by atoms with van der Waals surface area (Å²) in [7, 11) is 0. The second-order valence-corrected chi connectivity index (χ2v) is 8.78. The zero-order valence-electron chi connectivity index (χ0n) is 19.4. The first kappa shape index (κ1) is 24.8. The number of alkyl halides is 2. The van der Waals surface area contributed by atoms with Crippen LogP contribution in [-0.4, -0.2) is 38.3 Å². The predicted molar refractivity (Wildman–Crippen MR) is 127 cm³/mol. The van der Waals surface area contributed by atoms with E-state index >= 15 is 0 Å². The molecule has 2 aromatic heterocycles. The van der Waals surface area contributed by atoms with Crippen molar-refractivity contribution in [1.82, 2.24) is 24.8 Å². The topological polar surface area (TPSA) is 91.2 Å². The van der Waals surface area contributed by atoms with Gasteiger partial charge >= 0.3 is 12.1 Å². The quantitative estimate of drug-likeness (QED) is 0.313. The maximum absolute atomic E-state index is 13.7. The highest BCUT2D eigenvalue weighted by Gasteiger charge is 2.25. The van der Waals surface area contributed by atoms with Gasteiger partial charge in [-0.25, -0.2) is 18.6 Å². The van der Waals surface area contributed by atoms with Gasteiger partial charge in [-0.2, -0.15) is 9.97 Å². The molecule has 3 aromatic rings. The highest BCUT2D eigenvalue weighted by Crippen LogP contribution is 2.29. The molecule has 0 unspecified atom stereocenters. The van der Waals surface area contributed by atoms with E-state index in [9.17, 15) is 13.6 Å². The molecule has 35 heavy (non-hydrogen) atoms. The van der Waals surface area contributed by atoms with E-state index in [4.69, 9.17) is 21.1 Å². The molecule has 0 aliphatic heterocycles. The molecule has 2 heterocycles. The lowest BCUT2D eigenvalue weighted by atomic mass is 9.86. The van der Waals surface area contributed by atoms with Crippen LogP contribution in [0.15, 0.2) is 42.2 Å². The van der Waals surface area contributed by atoms with Crippen LogP contribution >= 0.6 is 11.6 Å². The van der Waals surface area contributed by atoms with E-state index in [1.165, 1.54) is 10.6 Å². The monoisotopic (exact) mass is 505 g/mol. The van der Waals surface area contributed by atoms with Crippen LogP contribution in [0.4, 0.5) is 13.6 Å². The molecule has 11 heteroatoms. The lowest BCUT2D eigenvalue weighted by Crippen LogP contribution is -2.38. The fraction of sp³-hybridized carbons (Fsp3) is 0.417. The van der Waals surface area contributed by atoms with Crippen molar-refractivity contribution in [2.75, 3.05) is 6.61 Å². The van der Waals surface area contributed by atoms with Crippen molar-refractivity contribution in [3.8, 4) is 11.8 Å². The van der Waals surface area contributed by atoms with Crippen LogP contribution in [0, 0.1) is 5.92 Å².